The minimum Gasteiger partial charge on any atom is -0.467 e. The van der Waals surface area contributed by atoms with Crippen molar-refractivity contribution in [2.75, 3.05) is 7.11 Å². The second-order valence-electron chi connectivity index (χ2n) is 3.81. The Kier molecular flexibility index (Phi) is 2.64. The van der Waals surface area contributed by atoms with Gasteiger partial charge in [-0.25, -0.2) is 4.79 Å². The van der Waals surface area contributed by atoms with Gasteiger partial charge in [0, 0.05) is 6.42 Å². The predicted octanol–water partition coefficient (Wildman–Crippen LogP) is 0.965. The van der Waals surface area contributed by atoms with E-state index in [9.17, 15) is 9.59 Å². The van der Waals surface area contributed by atoms with Crippen LogP contribution in [0, 0.1) is 0 Å². The largest absolute Gasteiger partial charge is 0.467 e. The van der Waals surface area contributed by atoms with Crippen molar-refractivity contribution in [1.29, 1.82) is 0 Å². The molecule has 1 saturated heterocycles. The van der Waals surface area contributed by atoms with Crippen molar-refractivity contribution >= 4 is 11.9 Å². The summed E-state index contributed by atoms with van der Waals surface area (Å²) in [4.78, 5) is 23.2. The highest BCUT2D eigenvalue weighted by atomic mass is 16.5. The summed E-state index contributed by atoms with van der Waals surface area (Å²) in [6.45, 7) is 0. The van der Waals surface area contributed by atoms with Crippen molar-refractivity contribution in [3.63, 3.8) is 0 Å². The highest BCUT2D eigenvalue weighted by molar-refractivity contribution is 5.92. The monoisotopic (exact) mass is 219 g/mol. The molecule has 0 unspecified atom stereocenters. The van der Waals surface area contributed by atoms with Crippen LogP contribution in [0.2, 0.25) is 0 Å². The number of benzene rings is 1. The van der Waals surface area contributed by atoms with Gasteiger partial charge in [-0.15, -0.1) is 0 Å². The zero-order valence-corrected chi connectivity index (χ0v) is 9.03. The molecule has 1 aliphatic rings. The SMILES string of the molecule is COC(=O)[C@]1(c2ccccc2)CCC(=O)N1. The summed E-state index contributed by atoms with van der Waals surface area (Å²) in [5, 5.41) is 2.72. The minimum absolute atomic E-state index is 0.116. The van der Waals surface area contributed by atoms with Gasteiger partial charge in [0.05, 0.1) is 7.11 Å². The quantitative estimate of drug-likeness (QED) is 0.754. The van der Waals surface area contributed by atoms with Gasteiger partial charge in [0.15, 0.2) is 5.54 Å². The van der Waals surface area contributed by atoms with Gasteiger partial charge in [0.1, 0.15) is 0 Å². The fourth-order valence-electron chi connectivity index (χ4n) is 2.05. The molecular weight excluding hydrogens is 206 g/mol. The summed E-state index contributed by atoms with van der Waals surface area (Å²) in [5.41, 5.74) is -0.222. The number of carbonyl (C=O) groups excluding carboxylic acids is 2. The minimum atomic E-state index is -0.993. The number of esters is 1. The van der Waals surface area contributed by atoms with Crippen LogP contribution in [-0.2, 0) is 19.9 Å². The molecule has 16 heavy (non-hydrogen) atoms. The third-order valence-electron chi connectivity index (χ3n) is 2.88. The smallest absolute Gasteiger partial charge is 0.336 e. The fourth-order valence-corrected chi connectivity index (χ4v) is 2.05. The first kappa shape index (κ1) is 10.7. The highest BCUT2D eigenvalue weighted by Gasteiger charge is 2.46. The average Bonchev–Trinajstić information content (AvgIpc) is 2.73. The predicted molar refractivity (Wildman–Crippen MR) is 57.5 cm³/mol. The first-order valence-electron chi connectivity index (χ1n) is 5.14. The van der Waals surface area contributed by atoms with Crippen LogP contribution in [0.15, 0.2) is 30.3 Å². The molecule has 4 nitrogen and oxygen atoms in total. The molecule has 1 aromatic carbocycles. The number of methoxy groups -OCH3 is 1. The molecule has 4 heteroatoms. The Morgan fingerprint density at radius 1 is 1.38 bits per heavy atom. The van der Waals surface area contributed by atoms with E-state index in [0.717, 1.165) is 5.56 Å². The van der Waals surface area contributed by atoms with Crippen molar-refractivity contribution in [3.8, 4) is 0 Å². The van der Waals surface area contributed by atoms with E-state index < -0.39 is 11.5 Å². The van der Waals surface area contributed by atoms with E-state index >= 15 is 0 Å². The summed E-state index contributed by atoms with van der Waals surface area (Å²) in [7, 11) is 1.33. The van der Waals surface area contributed by atoms with Crippen molar-refractivity contribution in [2.45, 2.75) is 18.4 Å². The lowest BCUT2D eigenvalue weighted by molar-refractivity contribution is -0.149. The lowest BCUT2D eigenvalue weighted by atomic mass is 9.88. The van der Waals surface area contributed by atoms with Gasteiger partial charge in [-0.3, -0.25) is 4.79 Å². The van der Waals surface area contributed by atoms with Crippen LogP contribution in [0.4, 0.5) is 0 Å². The van der Waals surface area contributed by atoms with Crippen molar-refractivity contribution < 1.29 is 14.3 Å². The van der Waals surface area contributed by atoms with Gasteiger partial charge in [-0.05, 0) is 12.0 Å². The van der Waals surface area contributed by atoms with Gasteiger partial charge < -0.3 is 10.1 Å². The number of hydrogen-bond acceptors (Lipinski definition) is 3. The van der Waals surface area contributed by atoms with Crippen molar-refractivity contribution in [3.05, 3.63) is 35.9 Å². The maximum absolute atomic E-state index is 11.8. The highest BCUT2D eigenvalue weighted by Crippen LogP contribution is 2.32. The van der Waals surface area contributed by atoms with Gasteiger partial charge >= 0.3 is 5.97 Å². The van der Waals surface area contributed by atoms with Crippen molar-refractivity contribution in [2.24, 2.45) is 0 Å². The zero-order chi connectivity index (χ0) is 11.6. The lowest BCUT2D eigenvalue weighted by Gasteiger charge is -2.26. The van der Waals surface area contributed by atoms with E-state index in [0.29, 0.717) is 12.8 Å². The number of amides is 1. The Morgan fingerprint density at radius 2 is 2.06 bits per heavy atom. The van der Waals surface area contributed by atoms with Gasteiger partial charge in [-0.1, -0.05) is 30.3 Å². The molecule has 1 aromatic rings. The van der Waals surface area contributed by atoms with E-state index in [2.05, 4.69) is 5.32 Å². The molecule has 0 spiro atoms. The van der Waals surface area contributed by atoms with Crippen LogP contribution in [0.3, 0.4) is 0 Å². The molecule has 0 aromatic heterocycles. The van der Waals surface area contributed by atoms with Gasteiger partial charge in [0.2, 0.25) is 5.91 Å². The molecule has 0 bridgehead atoms. The summed E-state index contributed by atoms with van der Waals surface area (Å²) in [6.07, 6.45) is 0.798. The first-order chi connectivity index (χ1) is 7.69. The Balaban J connectivity index is 2.44. The first-order valence-corrected chi connectivity index (χ1v) is 5.14. The van der Waals surface area contributed by atoms with E-state index in [1.54, 1.807) is 0 Å². The summed E-state index contributed by atoms with van der Waals surface area (Å²) in [6, 6.07) is 9.19. The van der Waals surface area contributed by atoms with E-state index in [4.69, 9.17) is 4.74 Å². The third kappa shape index (κ3) is 1.56. The Morgan fingerprint density at radius 3 is 2.56 bits per heavy atom. The molecular formula is C12H13NO3. The average molecular weight is 219 g/mol. The van der Waals surface area contributed by atoms with Crippen LogP contribution in [-0.4, -0.2) is 19.0 Å². The third-order valence-corrected chi connectivity index (χ3v) is 2.88. The van der Waals surface area contributed by atoms with Gasteiger partial charge in [-0.2, -0.15) is 0 Å². The molecule has 1 heterocycles. The Labute approximate surface area is 93.6 Å². The lowest BCUT2D eigenvalue weighted by Crippen LogP contribution is -2.46. The second kappa shape index (κ2) is 3.96. The molecule has 84 valence electrons. The van der Waals surface area contributed by atoms with Crippen molar-refractivity contribution in [1.82, 2.24) is 5.32 Å². The summed E-state index contributed by atoms with van der Waals surface area (Å²) in [5.74, 6) is -0.529. The number of ether oxygens (including phenoxy) is 1. The number of rotatable bonds is 2. The molecule has 0 saturated carbocycles. The maximum atomic E-state index is 11.8. The van der Waals surface area contributed by atoms with Crippen LogP contribution in [0.1, 0.15) is 18.4 Å². The molecule has 1 N–H and O–H groups in total. The van der Waals surface area contributed by atoms with Crippen LogP contribution in [0.25, 0.3) is 0 Å². The van der Waals surface area contributed by atoms with E-state index in [-0.39, 0.29) is 5.91 Å². The summed E-state index contributed by atoms with van der Waals surface area (Å²) < 4.78 is 4.79. The summed E-state index contributed by atoms with van der Waals surface area (Å²) >= 11 is 0. The van der Waals surface area contributed by atoms with Crippen LogP contribution in [0.5, 0.6) is 0 Å². The zero-order valence-electron chi connectivity index (χ0n) is 9.03. The van der Waals surface area contributed by atoms with E-state index in [1.807, 2.05) is 30.3 Å². The van der Waals surface area contributed by atoms with Crippen LogP contribution < -0.4 is 5.32 Å². The Hall–Kier alpha value is -1.84. The second-order valence-corrected chi connectivity index (χ2v) is 3.81. The van der Waals surface area contributed by atoms with E-state index in [1.165, 1.54) is 7.11 Å². The number of nitrogens with one attached hydrogen (secondary N) is 1. The molecule has 0 aliphatic carbocycles. The number of hydrogen-bond donors (Lipinski definition) is 1. The molecule has 1 aliphatic heterocycles. The Bertz CT molecular complexity index is 416. The fraction of sp³-hybridized carbons (Fsp3) is 0.333. The molecule has 2 rings (SSSR count). The number of carbonyl (C=O) groups is 2. The topological polar surface area (TPSA) is 55.4 Å². The normalized spacial score (nSPS) is 23.9. The van der Waals surface area contributed by atoms with Gasteiger partial charge in [0.25, 0.3) is 0 Å². The molecule has 0 radical (unpaired) electrons. The molecule has 1 amide bonds. The molecule has 1 atom stereocenters. The standard InChI is InChI=1S/C12H13NO3/c1-16-11(15)12(8-7-10(14)13-12)9-5-3-2-4-6-9/h2-6H,7-8H2,1H3,(H,13,14)/t12-/m1/s1. The molecule has 1 fully saturated rings. The van der Waals surface area contributed by atoms with Crippen LogP contribution >= 0.6 is 0 Å². The maximum Gasteiger partial charge on any atom is 0.336 e.